The molecular formula is H63N21. The molecule has 168 valence electrons. The van der Waals surface area contributed by atoms with Crippen molar-refractivity contribution in [2.45, 2.75) is 0 Å². The van der Waals surface area contributed by atoms with Gasteiger partial charge in [0.25, 0.3) is 0 Å². The Kier molecular flexibility index (Phi) is 7770. The number of hydrogen-bond donors (Lipinski definition) is 21. The van der Waals surface area contributed by atoms with E-state index in [1.165, 1.54) is 0 Å². The van der Waals surface area contributed by atoms with Gasteiger partial charge < -0.3 is 129 Å². The summed E-state index contributed by atoms with van der Waals surface area (Å²) in [5, 5.41) is 0. The van der Waals surface area contributed by atoms with Crippen LogP contribution < -0.4 is 129 Å². The average molecular weight is 379 g/mol. The molecule has 0 aromatic heterocycles. The largest absolute Gasteiger partial charge is 0.344 e. The van der Waals surface area contributed by atoms with Crippen molar-refractivity contribution in [1.82, 2.24) is 129 Å². The van der Waals surface area contributed by atoms with E-state index in [1.807, 2.05) is 0 Å². The van der Waals surface area contributed by atoms with E-state index in [1.54, 1.807) is 0 Å². The summed E-state index contributed by atoms with van der Waals surface area (Å²) in [6.07, 6.45) is 78.8. The number of hydrogen-bond acceptors (Lipinski definition) is 21. The van der Waals surface area contributed by atoms with Crippen molar-refractivity contribution in [2.24, 2.45) is 0 Å². The van der Waals surface area contributed by atoms with Crippen molar-refractivity contribution in [3.63, 3.8) is 0 Å². The molecule has 0 saturated carbocycles. The van der Waals surface area contributed by atoms with Gasteiger partial charge in [-0.3, -0.25) is 0 Å². The number of rotatable bonds is 0. The van der Waals surface area contributed by atoms with Crippen molar-refractivity contribution < 1.29 is 29.6 Å². The van der Waals surface area contributed by atoms with E-state index in [0.29, 0.717) is 0 Å². The van der Waals surface area contributed by atoms with Crippen LogP contribution in [0.25, 0.3) is 0 Å². The van der Waals surface area contributed by atoms with E-state index in [4.69, 9.17) is 29.6 Å². The lowest BCUT2D eigenvalue weighted by atomic mass is 14.0. The highest BCUT2D eigenvalue weighted by Crippen LogP contribution is -0.461. The summed E-state index contributed by atoms with van der Waals surface area (Å²) in [7, 11) is 0. The predicted molar refractivity (Wildman–Crippen MR) is 105 cm³/mol. The van der Waals surface area contributed by atoms with Crippen LogP contribution in [0, 0.1) is 0 Å². The van der Waals surface area contributed by atoms with Gasteiger partial charge in [0.15, 0.2) is 0 Å². The second-order valence-corrected chi connectivity index (χ2v) is 0. The van der Waals surface area contributed by atoms with Crippen LogP contribution in [0.3, 0.4) is 0 Å². The summed E-state index contributed by atoms with van der Waals surface area (Å²) in [5.41, 5.74) is 0. The molecular weight excluding hydrogens is 294 g/mol. The van der Waals surface area contributed by atoms with E-state index in [9.17, 15) is 0 Å². The van der Waals surface area contributed by atoms with Crippen LogP contribution in [0.2, 0.25) is 29.6 Å². The zero-order valence-electron chi connectivity index (χ0n) is 33.1. The first-order chi connectivity index (χ1) is 21.0. The Morgan fingerprint density at radius 1 is 0.143 bits per heavy atom. The van der Waals surface area contributed by atoms with Crippen LogP contribution in [0.15, 0.2) is 0 Å². The van der Waals surface area contributed by atoms with E-state index in [0.717, 1.165) is 0 Å². The zero-order valence-corrected chi connectivity index (χ0v) is 12.1. The van der Waals surface area contributed by atoms with Crippen LogP contribution >= 0.6 is 0 Å². The van der Waals surface area contributed by atoms with Crippen LogP contribution in [0.5, 0.6) is 0 Å². The smallest absolute Gasteiger partial charge is 0.115 e. The Bertz CT molecular complexity index is 42.0. The molecule has 0 heterocycles. The maximum atomic E-state index is 5.25. The average Bonchev–Trinajstić information content (AvgIpc) is 3.24. The fourth-order valence-corrected chi connectivity index (χ4v) is 0. The van der Waals surface area contributed by atoms with Crippen molar-refractivity contribution >= 4 is 0 Å². The summed E-state index contributed by atoms with van der Waals surface area (Å²) in [6.45, 7) is 0. The van der Waals surface area contributed by atoms with Gasteiger partial charge in [-0.2, -0.15) is 0 Å². The quantitative estimate of drug-likeness (QED) is 0.286. The highest BCUT2D eigenvalue weighted by atomic mass is 14.0. The molecule has 0 radical (unpaired) electrons. The van der Waals surface area contributed by atoms with E-state index < -0.39 is 0 Å². The van der Waals surface area contributed by atoms with Crippen LogP contribution in [-0.2, 0) is 0 Å². The minimum atomic E-state index is 3.75. The Labute approximate surface area is 161 Å². The molecule has 0 spiro atoms. The molecule has 0 aliphatic heterocycles. The molecule has 0 aliphatic rings. The molecule has 21 heteroatoms. The topological polar surface area (TPSA) is 735 Å². The lowest BCUT2D eigenvalue weighted by Gasteiger charge is -0.345. The van der Waals surface area contributed by atoms with Gasteiger partial charge in [-0.05, 0) is 0 Å². The third-order valence-electron chi connectivity index (χ3n) is 0. The first kappa shape index (κ1) is 18.2. The summed E-state index contributed by atoms with van der Waals surface area (Å²) in [4.78, 5) is 0. The van der Waals surface area contributed by atoms with Crippen molar-refractivity contribution in [3.8, 4) is 0 Å². The van der Waals surface area contributed by atoms with Gasteiger partial charge in [0, 0.05) is 0 Å². The van der Waals surface area contributed by atoms with Gasteiger partial charge >= 0.3 is 0 Å². The third kappa shape index (κ3) is 8000. The maximum absolute atomic E-state index is 5.25. The Morgan fingerprint density at radius 3 is 0.143 bits per heavy atom. The molecule has 0 aliphatic carbocycles. The molecule has 21 nitrogen and oxygen atoms in total. The molecule has 0 saturated heterocycles. The molecule has 0 bridgehead atoms. The second kappa shape index (κ2) is 8960. The lowest BCUT2D eigenvalue weighted by Crippen LogP contribution is -0.482. The van der Waals surface area contributed by atoms with Gasteiger partial charge in [-0.1, -0.05) is 0 Å². The van der Waals surface area contributed by atoms with E-state index >= 15 is 0 Å². The Hall–Kier alpha value is -0.840. The first-order valence-corrected chi connectivity index (χ1v) is 0. The molecule has 0 unspecified atom stereocenters. The van der Waals surface area contributed by atoms with Crippen LogP contribution in [-0.4, -0.2) is 0 Å². The van der Waals surface area contributed by atoms with Gasteiger partial charge in [-0.25, -0.2) is 0 Å². The highest BCUT2D eigenvalue weighted by Gasteiger charge is -0.324. The summed E-state index contributed by atoms with van der Waals surface area (Å²) in [5.74, 6) is 0. The third-order valence-corrected chi connectivity index (χ3v) is 0. The zero-order chi connectivity index (χ0) is 42.0. The summed E-state index contributed by atoms with van der Waals surface area (Å²) < 4.78 is 110. The Balaban J connectivity index is -0.00000000580. The maximum Gasteiger partial charge on any atom is 0.115 e. The normalized spacial score (nSPS) is 7.00. The molecule has 0 amide bonds. The first-order valence-electron chi connectivity index (χ1n) is 12.1. The van der Waals surface area contributed by atoms with Gasteiger partial charge in [0.2, 0.25) is 0 Å². The van der Waals surface area contributed by atoms with Gasteiger partial charge in [0.05, 0.1) is 0 Å². The summed E-state index contributed by atoms with van der Waals surface area (Å²) in [6, 6.07) is 0. The SMILES string of the molecule is [2H]N.[2H]N.[2H]N.[2H]N.[2H]N.[2H]N.[2H]N.[2H]N.[2H]N.[2H]N.[2H]N.[2H]N.[2H]N.[2H]N.[2H]N.[2H]N.[2H]N.[2H]N.[2H]N.[2H]N.[2H]N. The molecule has 0 rings (SSSR count). The molecule has 0 atom stereocenters. The molecule has 0 aromatic rings. The Morgan fingerprint density at radius 2 is 0.143 bits per heavy atom. The van der Waals surface area contributed by atoms with Crippen LogP contribution in [0.4, 0.5) is 0 Å². The van der Waals surface area contributed by atoms with E-state index in [-0.39, 0.29) is 0 Å². The predicted octanol–water partition coefficient (Wildman–Crippen LogP) is 3.40. The minimum absolute atomic E-state index is 3.75. The molecule has 63 N–H and O–H groups in total. The second-order valence-electron chi connectivity index (χ2n) is 0. The fraction of sp³-hybridized carbons (Fsp3) is 0. The van der Waals surface area contributed by atoms with Gasteiger partial charge in [0.1, 0.15) is 29.6 Å². The van der Waals surface area contributed by atoms with Crippen molar-refractivity contribution in [1.29, 1.82) is 0 Å². The van der Waals surface area contributed by atoms with Crippen molar-refractivity contribution in [2.75, 3.05) is 0 Å². The van der Waals surface area contributed by atoms with Crippen molar-refractivity contribution in [3.05, 3.63) is 0 Å². The molecule has 0 fully saturated rings. The van der Waals surface area contributed by atoms with Crippen LogP contribution in [0.1, 0.15) is 0 Å². The van der Waals surface area contributed by atoms with E-state index in [2.05, 4.69) is 129 Å². The highest BCUT2D eigenvalue weighted by molar-refractivity contribution is 2.15. The standard InChI is InChI=1S/21H3N/h21*1H3/i/hD21. The lowest BCUT2D eigenvalue weighted by molar-refractivity contribution is 2.13. The fourth-order valence-electron chi connectivity index (χ4n) is 0. The molecule has 0 aromatic carbocycles. The monoisotopic (exact) mass is 379 g/mol. The van der Waals surface area contributed by atoms with Gasteiger partial charge in [-0.15, -0.1) is 0 Å². The molecule has 21 heavy (non-hydrogen) atoms. The minimum Gasteiger partial charge on any atom is -0.344 e. The summed E-state index contributed by atoms with van der Waals surface area (Å²) >= 11 is 0.